The molecular weight excluding hydrogens is 198 g/mol. The van der Waals surface area contributed by atoms with E-state index in [-0.39, 0.29) is 0 Å². The summed E-state index contributed by atoms with van der Waals surface area (Å²) < 4.78 is 0. The van der Waals surface area contributed by atoms with Gasteiger partial charge in [-0.3, -0.25) is 0 Å². The molecule has 0 aromatic rings. The summed E-state index contributed by atoms with van der Waals surface area (Å²) in [7, 11) is 0. The molecule has 13 heavy (non-hydrogen) atoms. The number of aryl methyl sites for hydroxylation is 1. The summed E-state index contributed by atoms with van der Waals surface area (Å²) in [5.41, 5.74) is 3.52. The zero-order chi connectivity index (χ0) is 9.42. The van der Waals surface area contributed by atoms with Crippen LogP contribution in [0.4, 0.5) is 0 Å². The number of fused-ring (bicyclic) bond motifs is 1. The summed E-state index contributed by atoms with van der Waals surface area (Å²) in [6, 6.07) is 4.11. The van der Waals surface area contributed by atoms with E-state index in [1.54, 1.807) is 0 Å². The molecule has 1 heterocycles. The van der Waals surface area contributed by atoms with Crippen LogP contribution in [0, 0.1) is 0 Å². The fraction of sp³-hybridized carbons (Fsp3) is 0.200. The number of rotatable bonds is 1. The summed E-state index contributed by atoms with van der Waals surface area (Å²) in [6.45, 7) is 2.13. The molecule has 0 radical (unpaired) electrons. The number of thiol groups is 2. The molecule has 2 aliphatic rings. The molecule has 0 aromatic heterocycles. The Morgan fingerprint density at radius 3 is 2.77 bits per heavy atom. The Kier molecular flexibility index (Phi) is 2.30. The molecule has 0 saturated heterocycles. The van der Waals surface area contributed by atoms with Gasteiger partial charge in [0.1, 0.15) is 0 Å². The SMILES string of the molecule is CCc1cc2c(S)cc[nH]c-2c1S. The normalized spacial score (nSPS) is 11.0. The van der Waals surface area contributed by atoms with Crippen LogP contribution in [0.25, 0.3) is 11.3 Å². The number of aromatic amines is 1. The second kappa shape index (κ2) is 3.31. The van der Waals surface area contributed by atoms with Crippen molar-refractivity contribution in [3.05, 3.63) is 23.9 Å². The van der Waals surface area contributed by atoms with Crippen LogP contribution >= 0.6 is 25.3 Å². The summed E-state index contributed by atoms with van der Waals surface area (Å²) in [4.78, 5) is 5.24. The first-order valence-electron chi connectivity index (χ1n) is 4.25. The third kappa shape index (κ3) is 1.36. The minimum atomic E-state index is 1.00. The Bertz CT molecular complexity index is 406. The van der Waals surface area contributed by atoms with Gasteiger partial charge >= 0.3 is 0 Å². The van der Waals surface area contributed by atoms with Crippen molar-refractivity contribution in [2.24, 2.45) is 0 Å². The fourth-order valence-electron chi connectivity index (χ4n) is 1.51. The van der Waals surface area contributed by atoms with Gasteiger partial charge in [-0.1, -0.05) is 6.92 Å². The van der Waals surface area contributed by atoms with Crippen LogP contribution < -0.4 is 0 Å². The summed E-state index contributed by atoms with van der Waals surface area (Å²) in [5.74, 6) is 0. The Hall–Kier alpha value is -0.540. The smallest absolute Gasteiger partial charge is 0.0603 e. The lowest BCUT2D eigenvalue weighted by Gasteiger charge is -2.02. The first-order valence-corrected chi connectivity index (χ1v) is 5.14. The Balaban J connectivity index is 2.74. The highest BCUT2D eigenvalue weighted by Crippen LogP contribution is 2.36. The van der Waals surface area contributed by atoms with Gasteiger partial charge in [-0.05, 0) is 24.1 Å². The molecule has 0 saturated carbocycles. The predicted molar refractivity (Wildman–Crippen MR) is 61.3 cm³/mol. The highest BCUT2D eigenvalue weighted by molar-refractivity contribution is 7.81. The maximum absolute atomic E-state index is 4.48. The van der Waals surface area contributed by atoms with Gasteiger partial charge in [-0.25, -0.2) is 0 Å². The molecule has 1 N–H and O–H groups in total. The van der Waals surface area contributed by atoms with Crippen molar-refractivity contribution in [3.8, 4) is 11.3 Å². The maximum Gasteiger partial charge on any atom is 0.0603 e. The third-order valence-corrected chi connectivity index (χ3v) is 3.16. The monoisotopic (exact) mass is 209 g/mol. The van der Waals surface area contributed by atoms with Gasteiger partial charge < -0.3 is 4.98 Å². The van der Waals surface area contributed by atoms with Gasteiger partial charge in [0.05, 0.1) is 5.69 Å². The molecule has 3 heteroatoms. The zero-order valence-corrected chi connectivity index (χ0v) is 9.12. The minimum Gasteiger partial charge on any atom is -0.360 e. The quantitative estimate of drug-likeness (QED) is 0.598. The zero-order valence-electron chi connectivity index (χ0n) is 7.33. The molecular formula is C10H11NS2. The van der Waals surface area contributed by atoms with Crippen molar-refractivity contribution in [1.29, 1.82) is 0 Å². The maximum atomic E-state index is 4.48. The van der Waals surface area contributed by atoms with Crippen molar-refractivity contribution >= 4 is 25.3 Å². The van der Waals surface area contributed by atoms with Crippen LogP contribution in [0.2, 0.25) is 0 Å². The average molecular weight is 209 g/mol. The molecule has 0 aromatic carbocycles. The number of pyridine rings is 1. The highest BCUT2D eigenvalue weighted by Gasteiger charge is 2.14. The molecule has 1 nitrogen and oxygen atoms in total. The van der Waals surface area contributed by atoms with Crippen LogP contribution in [-0.2, 0) is 6.42 Å². The molecule has 1 aliphatic carbocycles. The van der Waals surface area contributed by atoms with Gasteiger partial charge in [0, 0.05) is 21.6 Å². The lowest BCUT2D eigenvalue weighted by molar-refractivity contribution is 1.10. The number of hydrogen-bond acceptors (Lipinski definition) is 2. The molecule has 0 spiro atoms. The minimum absolute atomic E-state index is 1.00. The van der Waals surface area contributed by atoms with Crippen molar-refractivity contribution in [1.82, 2.24) is 4.98 Å². The first kappa shape index (κ1) is 9.03. The molecule has 0 bridgehead atoms. The van der Waals surface area contributed by atoms with Crippen LogP contribution in [0.15, 0.2) is 28.1 Å². The molecule has 0 unspecified atom stereocenters. The van der Waals surface area contributed by atoms with Crippen LogP contribution in [-0.4, -0.2) is 4.98 Å². The summed E-state index contributed by atoms with van der Waals surface area (Å²) in [5, 5.41) is 0. The Morgan fingerprint density at radius 1 is 1.38 bits per heavy atom. The van der Waals surface area contributed by atoms with E-state index in [4.69, 9.17) is 0 Å². The number of H-pyrrole nitrogens is 1. The number of hydrogen-bond donors (Lipinski definition) is 3. The third-order valence-electron chi connectivity index (χ3n) is 2.25. The molecule has 2 rings (SSSR count). The van der Waals surface area contributed by atoms with Gasteiger partial charge in [-0.15, -0.1) is 25.3 Å². The highest BCUT2D eigenvalue weighted by atomic mass is 32.1. The summed E-state index contributed by atoms with van der Waals surface area (Å²) in [6.07, 6.45) is 2.90. The van der Waals surface area contributed by atoms with E-state index in [0.29, 0.717) is 0 Å². The topological polar surface area (TPSA) is 15.8 Å². The molecule has 68 valence electrons. The summed E-state index contributed by atoms with van der Waals surface area (Å²) >= 11 is 8.87. The van der Waals surface area contributed by atoms with Crippen molar-refractivity contribution in [3.63, 3.8) is 0 Å². The number of nitrogens with one attached hydrogen (secondary N) is 1. The van der Waals surface area contributed by atoms with Crippen molar-refractivity contribution in [2.75, 3.05) is 0 Å². The predicted octanol–water partition coefficient (Wildman–Crippen LogP) is 3.26. The molecule has 0 amide bonds. The van der Waals surface area contributed by atoms with Gasteiger partial charge in [0.2, 0.25) is 0 Å². The Labute approximate surface area is 88.7 Å². The first-order chi connectivity index (χ1) is 6.24. The van der Waals surface area contributed by atoms with E-state index in [2.05, 4.69) is 43.2 Å². The molecule has 0 atom stereocenters. The standard InChI is InChI=1S/C10H11NS2/c1-2-6-5-7-8(12)3-4-11-9(7)10(6)13/h3-5,11-13H,2H2,1H3. The number of aromatic nitrogens is 1. The van der Waals surface area contributed by atoms with Crippen LogP contribution in [0.5, 0.6) is 0 Å². The molecule has 0 fully saturated rings. The van der Waals surface area contributed by atoms with Gasteiger partial charge in [-0.2, -0.15) is 0 Å². The van der Waals surface area contributed by atoms with Gasteiger partial charge in [0.15, 0.2) is 0 Å². The van der Waals surface area contributed by atoms with E-state index < -0.39 is 0 Å². The fourth-order valence-corrected chi connectivity index (χ4v) is 2.17. The molecule has 1 aliphatic heterocycles. The largest absolute Gasteiger partial charge is 0.360 e. The van der Waals surface area contributed by atoms with E-state index in [1.807, 2.05) is 12.3 Å². The van der Waals surface area contributed by atoms with Gasteiger partial charge in [0.25, 0.3) is 0 Å². The van der Waals surface area contributed by atoms with E-state index in [0.717, 1.165) is 27.5 Å². The van der Waals surface area contributed by atoms with E-state index >= 15 is 0 Å². The van der Waals surface area contributed by atoms with Crippen LogP contribution in [0.1, 0.15) is 12.5 Å². The second-order valence-corrected chi connectivity index (χ2v) is 3.95. The lowest BCUT2D eigenvalue weighted by Crippen LogP contribution is -1.81. The van der Waals surface area contributed by atoms with Crippen LogP contribution in [0.3, 0.4) is 0 Å². The van der Waals surface area contributed by atoms with E-state index in [1.165, 1.54) is 5.56 Å². The second-order valence-electron chi connectivity index (χ2n) is 3.02. The average Bonchev–Trinajstić information content (AvgIpc) is 2.45. The lowest BCUT2D eigenvalue weighted by atomic mass is 10.2. The van der Waals surface area contributed by atoms with Crippen molar-refractivity contribution in [2.45, 2.75) is 23.1 Å². The van der Waals surface area contributed by atoms with E-state index in [9.17, 15) is 0 Å². The van der Waals surface area contributed by atoms with Crippen molar-refractivity contribution < 1.29 is 0 Å². The Morgan fingerprint density at radius 2 is 2.15 bits per heavy atom.